The molecule has 1 unspecified atom stereocenters. The van der Waals surface area contributed by atoms with Crippen molar-refractivity contribution in [1.82, 2.24) is 9.97 Å². The van der Waals surface area contributed by atoms with Crippen LogP contribution in [0.5, 0.6) is 5.88 Å². The second-order valence-electron chi connectivity index (χ2n) is 5.24. The smallest absolute Gasteiger partial charge is 0.224 e. The molecule has 1 aromatic carbocycles. The highest BCUT2D eigenvalue weighted by Crippen LogP contribution is 2.30. The number of aromatic nitrogens is 2. The Hall–Kier alpha value is -1.94. The number of ether oxygens (including phenoxy) is 1. The number of fused-ring (bicyclic) bond motifs is 1. The van der Waals surface area contributed by atoms with Gasteiger partial charge in [0.2, 0.25) is 5.88 Å². The summed E-state index contributed by atoms with van der Waals surface area (Å²) in [5.74, 6) is 1.07. The van der Waals surface area contributed by atoms with E-state index >= 15 is 0 Å². The molecule has 113 valence electrons. The van der Waals surface area contributed by atoms with Gasteiger partial charge in [0.25, 0.3) is 0 Å². The number of benzene rings is 1. The highest BCUT2D eigenvalue weighted by Gasteiger charge is 2.15. The molecule has 0 fully saturated rings. The normalized spacial score (nSPS) is 12.5. The molecule has 3 aromatic rings. The number of rotatable bonds is 6. The van der Waals surface area contributed by atoms with Crippen molar-refractivity contribution >= 4 is 22.2 Å². The SMILES string of the molecule is [CH2]CC(CCc1cccc2cccnc12)c1nc(OC)cs1. The molecule has 22 heavy (non-hydrogen) atoms. The zero-order valence-corrected chi connectivity index (χ0v) is 13.5. The molecule has 0 saturated carbocycles. The Labute approximate surface area is 135 Å². The van der Waals surface area contributed by atoms with Gasteiger partial charge in [0, 0.05) is 17.5 Å². The molecule has 2 aromatic heterocycles. The van der Waals surface area contributed by atoms with Crippen LogP contribution < -0.4 is 4.74 Å². The van der Waals surface area contributed by atoms with E-state index < -0.39 is 0 Å². The molecule has 0 spiro atoms. The first-order valence-electron chi connectivity index (χ1n) is 7.43. The summed E-state index contributed by atoms with van der Waals surface area (Å²) in [4.78, 5) is 9.04. The first-order valence-corrected chi connectivity index (χ1v) is 8.31. The van der Waals surface area contributed by atoms with Crippen LogP contribution in [0.1, 0.15) is 29.3 Å². The zero-order chi connectivity index (χ0) is 15.4. The molecular formula is C18H19N2OS. The number of methoxy groups -OCH3 is 1. The van der Waals surface area contributed by atoms with Crippen LogP contribution in [0.25, 0.3) is 10.9 Å². The second kappa shape index (κ2) is 6.88. The van der Waals surface area contributed by atoms with Crippen LogP contribution in [-0.2, 0) is 6.42 Å². The van der Waals surface area contributed by atoms with E-state index in [0.29, 0.717) is 11.8 Å². The van der Waals surface area contributed by atoms with Crippen molar-refractivity contribution in [2.75, 3.05) is 7.11 Å². The van der Waals surface area contributed by atoms with Crippen LogP contribution in [0, 0.1) is 6.92 Å². The maximum atomic E-state index is 5.18. The highest BCUT2D eigenvalue weighted by molar-refractivity contribution is 7.09. The van der Waals surface area contributed by atoms with Gasteiger partial charge in [0.15, 0.2) is 0 Å². The van der Waals surface area contributed by atoms with Gasteiger partial charge in [-0.1, -0.05) is 31.2 Å². The molecule has 0 N–H and O–H groups in total. The Kier molecular flexibility index (Phi) is 4.68. The minimum absolute atomic E-state index is 0.368. The average molecular weight is 311 g/mol. The van der Waals surface area contributed by atoms with E-state index in [9.17, 15) is 0 Å². The van der Waals surface area contributed by atoms with Crippen LogP contribution in [0.3, 0.4) is 0 Å². The van der Waals surface area contributed by atoms with E-state index in [1.807, 2.05) is 17.6 Å². The molecule has 1 radical (unpaired) electrons. The van der Waals surface area contributed by atoms with E-state index in [1.54, 1.807) is 18.4 Å². The van der Waals surface area contributed by atoms with Gasteiger partial charge in [-0.3, -0.25) is 4.98 Å². The average Bonchev–Trinajstić information content (AvgIpc) is 3.04. The zero-order valence-electron chi connectivity index (χ0n) is 12.7. The summed E-state index contributed by atoms with van der Waals surface area (Å²) in [6.45, 7) is 4.08. The lowest BCUT2D eigenvalue weighted by atomic mass is 9.96. The number of nitrogens with zero attached hydrogens (tertiary/aromatic N) is 2. The van der Waals surface area contributed by atoms with Crippen LogP contribution in [-0.4, -0.2) is 17.1 Å². The Morgan fingerprint density at radius 3 is 2.91 bits per heavy atom. The van der Waals surface area contributed by atoms with Crippen molar-refractivity contribution in [3.05, 3.63) is 59.4 Å². The minimum atomic E-state index is 0.368. The third kappa shape index (κ3) is 3.12. The molecule has 0 aliphatic heterocycles. The van der Waals surface area contributed by atoms with Gasteiger partial charge in [-0.05, 0) is 30.9 Å². The lowest BCUT2D eigenvalue weighted by molar-refractivity contribution is 0.398. The first kappa shape index (κ1) is 15.0. The maximum Gasteiger partial charge on any atom is 0.224 e. The molecule has 3 nitrogen and oxygen atoms in total. The number of hydrogen-bond acceptors (Lipinski definition) is 4. The summed E-state index contributed by atoms with van der Waals surface area (Å²) in [7, 11) is 1.65. The third-order valence-electron chi connectivity index (χ3n) is 3.89. The summed E-state index contributed by atoms with van der Waals surface area (Å²) >= 11 is 1.65. The molecule has 0 aliphatic rings. The number of aryl methyl sites for hydroxylation is 1. The van der Waals surface area contributed by atoms with E-state index in [-0.39, 0.29) is 0 Å². The Morgan fingerprint density at radius 1 is 1.27 bits per heavy atom. The highest BCUT2D eigenvalue weighted by atomic mass is 32.1. The Morgan fingerprint density at radius 2 is 2.14 bits per heavy atom. The molecule has 3 rings (SSSR count). The van der Waals surface area contributed by atoms with Crippen molar-refractivity contribution in [3.8, 4) is 5.88 Å². The van der Waals surface area contributed by atoms with E-state index in [0.717, 1.165) is 29.8 Å². The molecule has 4 heteroatoms. The van der Waals surface area contributed by atoms with Gasteiger partial charge in [-0.15, -0.1) is 11.3 Å². The number of thiazole rings is 1. The maximum absolute atomic E-state index is 5.18. The topological polar surface area (TPSA) is 35.0 Å². The van der Waals surface area contributed by atoms with Gasteiger partial charge in [-0.2, -0.15) is 0 Å². The van der Waals surface area contributed by atoms with Gasteiger partial charge in [0.05, 0.1) is 23.0 Å². The van der Waals surface area contributed by atoms with Crippen molar-refractivity contribution in [1.29, 1.82) is 0 Å². The molecule has 2 heterocycles. The van der Waals surface area contributed by atoms with Gasteiger partial charge in [-0.25, -0.2) is 4.98 Å². The van der Waals surface area contributed by atoms with Crippen molar-refractivity contribution in [2.24, 2.45) is 0 Å². The lowest BCUT2D eigenvalue weighted by Gasteiger charge is -2.12. The standard InChI is InChI=1S/C18H19N2OS/c1-3-13(18-20-16(21-2)12-22-18)9-10-15-7-4-6-14-8-5-11-19-17(14)15/h4-8,11-13H,1,3,9-10H2,2H3. The van der Waals surface area contributed by atoms with E-state index in [1.165, 1.54) is 10.9 Å². The fourth-order valence-electron chi connectivity index (χ4n) is 2.64. The number of hydrogen-bond donors (Lipinski definition) is 0. The molecular weight excluding hydrogens is 292 g/mol. The molecule has 0 bridgehead atoms. The Balaban J connectivity index is 1.77. The lowest BCUT2D eigenvalue weighted by Crippen LogP contribution is -2.00. The van der Waals surface area contributed by atoms with Crippen LogP contribution in [0.4, 0.5) is 0 Å². The van der Waals surface area contributed by atoms with E-state index in [2.05, 4.69) is 41.2 Å². The van der Waals surface area contributed by atoms with Crippen molar-refractivity contribution in [3.63, 3.8) is 0 Å². The summed E-state index contributed by atoms with van der Waals surface area (Å²) in [5, 5.41) is 4.26. The minimum Gasteiger partial charge on any atom is -0.480 e. The second-order valence-corrected chi connectivity index (χ2v) is 6.13. The Bertz CT molecular complexity index is 748. The molecule has 0 saturated heterocycles. The number of para-hydroxylation sites is 1. The van der Waals surface area contributed by atoms with Gasteiger partial charge >= 0.3 is 0 Å². The quantitative estimate of drug-likeness (QED) is 0.665. The first-order chi connectivity index (χ1) is 10.8. The summed E-state index contributed by atoms with van der Waals surface area (Å²) < 4.78 is 5.18. The largest absolute Gasteiger partial charge is 0.480 e. The predicted molar refractivity (Wildman–Crippen MR) is 91.4 cm³/mol. The fraction of sp³-hybridized carbons (Fsp3) is 0.278. The van der Waals surface area contributed by atoms with Crippen LogP contribution >= 0.6 is 11.3 Å². The van der Waals surface area contributed by atoms with Gasteiger partial charge in [0.1, 0.15) is 0 Å². The molecule has 0 amide bonds. The van der Waals surface area contributed by atoms with Crippen LogP contribution in [0.15, 0.2) is 41.9 Å². The fourth-order valence-corrected chi connectivity index (χ4v) is 3.58. The predicted octanol–water partition coefficient (Wildman–Crippen LogP) is 4.64. The van der Waals surface area contributed by atoms with Crippen molar-refractivity contribution in [2.45, 2.75) is 25.2 Å². The van der Waals surface area contributed by atoms with Crippen LogP contribution in [0.2, 0.25) is 0 Å². The monoisotopic (exact) mass is 311 g/mol. The number of pyridine rings is 1. The summed E-state index contributed by atoms with van der Waals surface area (Å²) in [5.41, 5.74) is 2.39. The summed E-state index contributed by atoms with van der Waals surface area (Å²) in [6, 6.07) is 10.5. The summed E-state index contributed by atoms with van der Waals surface area (Å²) in [6.07, 6.45) is 4.71. The van der Waals surface area contributed by atoms with Crippen molar-refractivity contribution < 1.29 is 4.74 Å². The van der Waals surface area contributed by atoms with Gasteiger partial charge < -0.3 is 4.74 Å². The van der Waals surface area contributed by atoms with E-state index in [4.69, 9.17) is 4.74 Å². The third-order valence-corrected chi connectivity index (χ3v) is 4.87. The molecule has 0 aliphatic carbocycles. The molecule has 1 atom stereocenters.